The zero-order chi connectivity index (χ0) is 25.7. The van der Waals surface area contributed by atoms with E-state index in [1.165, 1.54) is 11.8 Å². The predicted octanol–water partition coefficient (Wildman–Crippen LogP) is -2.00. The fourth-order valence-electron chi connectivity index (χ4n) is 2.63. The standard InChI is InChI=1S/C19H33N5O8S/c1-9(2)15(19(31)32)24-18(30)12(8-14(26)27)23-17(29)11(4-5-13(21)25)22-16(28)10(20)6-7-33-3/h9-12,15H,4-8,20H2,1-3H3,(H2,21,25)(H,22,28)(H,23,29)(H,24,30)(H,26,27)(H,31,32). The molecule has 0 saturated carbocycles. The second-order valence-corrected chi connectivity index (χ2v) is 8.67. The lowest BCUT2D eigenvalue weighted by atomic mass is 10.0. The first-order chi connectivity index (χ1) is 15.3. The number of aliphatic carboxylic acids is 2. The largest absolute Gasteiger partial charge is 0.481 e. The number of nitrogens with two attached hydrogens (primary N) is 2. The van der Waals surface area contributed by atoms with E-state index in [2.05, 4.69) is 16.0 Å². The second-order valence-electron chi connectivity index (χ2n) is 7.68. The first kappa shape index (κ1) is 30.1. The van der Waals surface area contributed by atoms with E-state index in [0.29, 0.717) is 12.2 Å². The fourth-order valence-corrected chi connectivity index (χ4v) is 3.12. The molecule has 0 aliphatic rings. The van der Waals surface area contributed by atoms with Crippen LogP contribution < -0.4 is 27.4 Å². The minimum absolute atomic E-state index is 0.215. The Morgan fingerprint density at radius 1 is 0.879 bits per heavy atom. The highest BCUT2D eigenvalue weighted by atomic mass is 32.2. The van der Waals surface area contributed by atoms with Crippen LogP contribution >= 0.6 is 11.8 Å². The van der Waals surface area contributed by atoms with Crippen LogP contribution in [0, 0.1) is 5.92 Å². The molecule has 0 rings (SSSR count). The van der Waals surface area contributed by atoms with Crippen molar-refractivity contribution in [2.24, 2.45) is 17.4 Å². The highest BCUT2D eigenvalue weighted by Gasteiger charge is 2.32. The highest BCUT2D eigenvalue weighted by Crippen LogP contribution is 2.06. The quantitative estimate of drug-likeness (QED) is 0.125. The van der Waals surface area contributed by atoms with Crippen molar-refractivity contribution in [3.63, 3.8) is 0 Å². The number of carbonyl (C=O) groups is 6. The molecule has 14 heteroatoms. The molecule has 0 saturated heterocycles. The summed E-state index contributed by atoms with van der Waals surface area (Å²) in [5, 5.41) is 25.1. The van der Waals surface area contributed by atoms with E-state index in [0.717, 1.165) is 0 Å². The smallest absolute Gasteiger partial charge is 0.326 e. The monoisotopic (exact) mass is 491 g/mol. The lowest BCUT2D eigenvalue weighted by molar-refractivity contribution is -0.144. The number of hydrogen-bond acceptors (Lipinski definition) is 8. The van der Waals surface area contributed by atoms with Crippen LogP contribution in [0.25, 0.3) is 0 Å². The van der Waals surface area contributed by atoms with Crippen LogP contribution in [0.4, 0.5) is 0 Å². The zero-order valence-corrected chi connectivity index (χ0v) is 19.6. The molecular formula is C19H33N5O8S. The van der Waals surface area contributed by atoms with Gasteiger partial charge in [0.1, 0.15) is 18.1 Å². The van der Waals surface area contributed by atoms with Gasteiger partial charge in [-0.15, -0.1) is 0 Å². The number of rotatable bonds is 16. The number of carboxylic acid groups (broad SMARTS) is 2. The van der Waals surface area contributed by atoms with Gasteiger partial charge in [-0.3, -0.25) is 24.0 Å². The molecule has 0 radical (unpaired) electrons. The molecule has 0 spiro atoms. The molecule has 0 aliphatic carbocycles. The number of nitrogens with one attached hydrogen (secondary N) is 3. The van der Waals surface area contributed by atoms with Gasteiger partial charge in [-0.05, 0) is 30.8 Å². The Labute approximate surface area is 195 Å². The molecule has 33 heavy (non-hydrogen) atoms. The third kappa shape index (κ3) is 12.1. The average molecular weight is 492 g/mol. The van der Waals surface area contributed by atoms with Gasteiger partial charge in [-0.25, -0.2) is 4.79 Å². The van der Waals surface area contributed by atoms with E-state index in [4.69, 9.17) is 16.6 Å². The van der Waals surface area contributed by atoms with Crippen LogP contribution in [0.2, 0.25) is 0 Å². The van der Waals surface area contributed by atoms with Gasteiger partial charge in [0.15, 0.2) is 0 Å². The maximum Gasteiger partial charge on any atom is 0.326 e. The molecular weight excluding hydrogens is 458 g/mol. The zero-order valence-electron chi connectivity index (χ0n) is 18.8. The molecule has 0 fully saturated rings. The van der Waals surface area contributed by atoms with Gasteiger partial charge in [-0.1, -0.05) is 13.8 Å². The summed E-state index contributed by atoms with van der Waals surface area (Å²) in [6, 6.07) is -5.20. The number of thioether (sulfide) groups is 1. The molecule has 4 atom stereocenters. The van der Waals surface area contributed by atoms with Gasteiger partial charge in [0.05, 0.1) is 12.5 Å². The Hall–Kier alpha value is -2.87. The maximum absolute atomic E-state index is 12.8. The Bertz CT molecular complexity index is 733. The van der Waals surface area contributed by atoms with Crippen LogP contribution in [0.1, 0.15) is 39.5 Å². The van der Waals surface area contributed by atoms with Crippen molar-refractivity contribution >= 4 is 47.3 Å². The van der Waals surface area contributed by atoms with Crippen molar-refractivity contribution in [2.75, 3.05) is 12.0 Å². The minimum atomic E-state index is -1.63. The van der Waals surface area contributed by atoms with Gasteiger partial charge >= 0.3 is 11.9 Å². The van der Waals surface area contributed by atoms with Crippen LogP contribution in [-0.2, 0) is 28.8 Å². The van der Waals surface area contributed by atoms with E-state index < -0.39 is 72.1 Å². The topological polar surface area (TPSA) is 231 Å². The third-order valence-corrected chi connectivity index (χ3v) is 5.17. The fraction of sp³-hybridized carbons (Fsp3) is 0.684. The van der Waals surface area contributed by atoms with Crippen molar-refractivity contribution in [3.05, 3.63) is 0 Å². The summed E-state index contributed by atoms with van der Waals surface area (Å²) < 4.78 is 0. The molecule has 0 aliphatic heterocycles. The minimum Gasteiger partial charge on any atom is -0.481 e. The molecule has 4 amide bonds. The molecule has 0 heterocycles. The Morgan fingerprint density at radius 3 is 1.88 bits per heavy atom. The summed E-state index contributed by atoms with van der Waals surface area (Å²) >= 11 is 1.47. The lowest BCUT2D eigenvalue weighted by Gasteiger charge is -2.25. The van der Waals surface area contributed by atoms with Crippen LogP contribution in [0.15, 0.2) is 0 Å². The Morgan fingerprint density at radius 2 is 1.42 bits per heavy atom. The predicted molar refractivity (Wildman–Crippen MR) is 120 cm³/mol. The Balaban J connectivity index is 5.53. The molecule has 9 N–H and O–H groups in total. The molecule has 0 aromatic heterocycles. The van der Waals surface area contributed by atoms with E-state index in [1.54, 1.807) is 13.8 Å². The number of primary amides is 1. The SMILES string of the molecule is CSCCC(N)C(=O)NC(CCC(N)=O)C(=O)NC(CC(=O)O)C(=O)NC(C(=O)O)C(C)C. The van der Waals surface area contributed by atoms with Gasteiger partial charge in [-0.2, -0.15) is 11.8 Å². The third-order valence-electron chi connectivity index (χ3n) is 4.52. The number of carboxylic acids is 2. The maximum atomic E-state index is 12.8. The normalized spacial score (nSPS) is 14.5. The molecule has 13 nitrogen and oxygen atoms in total. The second kappa shape index (κ2) is 15.1. The molecule has 188 valence electrons. The van der Waals surface area contributed by atoms with Crippen molar-refractivity contribution in [1.29, 1.82) is 0 Å². The summed E-state index contributed by atoms with van der Waals surface area (Å²) in [5.74, 6) is -6.06. The molecule has 0 aromatic rings. The van der Waals surface area contributed by atoms with E-state index in [9.17, 15) is 33.9 Å². The van der Waals surface area contributed by atoms with Gasteiger partial charge < -0.3 is 37.6 Å². The molecule has 0 aromatic carbocycles. The van der Waals surface area contributed by atoms with E-state index in [1.807, 2.05) is 6.26 Å². The molecule has 0 bridgehead atoms. The number of hydrogen-bond donors (Lipinski definition) is 7. The number of amides is 4. The number of carbonyl (C=O) groups excluding carboxylic acids is 4. The van der Waals surface area contributed by atoms with Crippen molar-refractivity contribution in [2.45, 2.75) is 63.7 Å². The highest BCUT2D eigenvalue weighted by molar-refractivity contribution is 7.98. The van der Waals surface area contributed by atoms with Crippen molar-refractivity contribution in [1.82, 2.24) is 16.0 Å². The first-order valence-electron chi connectivity index (χ1n) is 10.2. The Kier molecular flexibility index (Phi) is 13.7. The van der Waals surface area contributed by atoms with Crippen molar-refractivity contribution in [3.8, 4) is 0 Å². The van der Waals surface area contributed by atoms with Crippen LogP contribution in [0.5, 0.6) is 0 Å². The summed E-state index contributed by atoms with van der Waals surface area (Å²) in [6.45, 7) is 3.08. The van der Waals surface area contributed by atoms with Gasteiger partial charge in [0.25, 0.3) is 0 Å². The molecule has 4 unspecified atom stereocenters. The lowest BCUT2D eigenvalue weighted by Crippen LogP contribution is -2.58. The van der Waals surface area contributed by atoms with Gasteiger partial charge in [0.2, 0.25) is 23.6 Å². The summed E-state index contributed by atoms with van der Waals surface area (Å²) in [5.41, 5.74) is 10.9. The summed E-state index contributed by atoms with van der Waals surface area (Å²) in [7, 11) is 0. The summed E-state index contributed by atoms with van der Waals surface area (Å²) in [4.78, 5) is 71.3. The average Bonchev–Trinajstić information content (AvgIpc) is 2.70. The van der Waals surface area contributed by atoms with Crippen LogP contribution in [-0.4, -0.2) is 82.0 Å². The van der Waals surface area contributed by atoms with Crippen LogP contribution in [0.3, 0.4) is 0 Å². The summed E-state index contributed by atoms with van der Waals surface area (Å²) in [6.07, 6.45) is 0.824. The van der Waals surface area contributed by atoms with E-state index >= 15 is 0 Å². The van der Waals surface area contributed by atoms with Gasteiger partial charge in [0, 0.05) is 6.42 Å². The van der Waals surface area contributed by atoms with E-state index in [-0.39, 0.29) is 12.8 Å². The van der Waals surface area contributed by atoms with Crippen molar-refractivity contribution < 1.29 is 39.0 Å². The first-order valence-corrected chi connectivity index (χ1v) is 11.6.